The van der Waals surface area contributed by atoms with E-state index in [1.54, 1.807) is 0 Å². The Kier molecular flexibility index (Phi) is 6.47. The van der Waals surface area contributed by atoms with Crippen molar-refractivity contribution in [2.24, 2.45) is 0 Å². The SMILES string of the molecule is CC(C)c1cc(Cc2cc(C(C)C)c(N)c(C(C)(C)C)c2)cc(C(C)(C)C)c1N. The molecule has 0 spiro atoms. The lowest BCUT2D eigenvalue weighted by molar-refractivity contribution is 0.589. The van der Waals surface area contributed by atoms with E-state index < -0.39 is 0 Å². The van der Waals surface area contributed by atoms with Crippen LogP contribution in [0.4, 0.5) is 11.4 Å². The van der Waals surface area contributed by atoms with Crippen LogP contribution in [0.25, 0.3) is 0 Å². The maximum absolute atomic E-state index is 6.58. The second kappa shape index (κ2) is 8.05. The molecule has 0 unspecified atom stereocenters. The molecular weight excluding hydrogens is 352 g/mol. The van der Waals surface area contributed by atoms with Crippen LogP contribution >= 0.6 is 0 Å². The zero-order valence-corrected chi connectivity index (χ0v) is 20.3. The zero-order valence-electron chi connectivity index (χ0n) is 20.3. The van der Waals surface area contributed by atoms with E-state index in [2.05, 4.69) is 93.5 Å². The van der Waals surface area contributed by atoms with Crippen molar-refractivity contribution in [1.29, 1.82) is 0 Å². The predicted molar refractivity (Wildman–Crippen MR) is 130 cm³/mol. The molecule has 2 rings (SSSR count). The number of nitrogens with two attached hydrogens (primary N) is 2. The summed E-state index contributed by atoms with van der Waals surface area (Å²) in [5, 5.41) is 0. The smallest absolute Gasteiger partial charge is 0.0387 e. The molecule has 0 radical (unpaired) electrons. The molecule has 2 aromatic rings. The first-order chi connectivity index (χ1) is 13.1. The Labute approximate surface area is 179 Å². The molecule has 2 aromatic carbocycles. The molecule has 0 amide bonds. The van der Waals surface area contributed by atoms with E-state index in [-0.39, 0.29) is 10.8 Å². The largest absolute Gasteiger partial charge is 0.398 e. The third-order valence-electron chi connectivity index (χ3n) is 5.81. The van der Waals surface area contributed by atoms with E-state index in [9.17, 15) is 0 Å². The van der Waals surface area contributed by atoms with Crippen LogP contribution in [0.1, 0.15) is 114 Å². The van der Waals surface area contributed by atoms with E-state index in [1.165, 1.54) is 33.4 Å². The van der Waals surface area contributed by atoms with Gasteiger partial charge in [0.1, 0.15) is 0 Å². The van der Waals surface area contributed by atoms with Crippen LogP contribution < -0.4 is 11.5 Å². The number of hydrogen-bond donors (Lipinski definition) is 2. The highest BCUT2D eigenvalue weighted by molar-refractivity contribution is 5.62. The normalized spacial score (nSPS) is 12.8. The van der Waals surface area contributed by atoms with Gasteiger partial charge in [-0.1, -0.05) is 93.5 Å². The number of nitrogen functional groups attached to an aromatic ring is 2. The van der Waals surface area contributed by atoms with Gasteiger partial charge >= 0.3 is 0 Å². The Morgan fingerprint density at radius 1 is 0.621 bits per heavy atom. The lowest BCUT2D eigenvalue weighted by Crippen LogP contribution is -2.17. The van der Waals surface area contributed by atoms with Crippen molar-refractivity contribution >= 4 is 11.4 Å². The second-order valence-corrected chi connectivity index (χ2v) is 11.3. The van der Waals surface area contributed by atoms with Crippen molar-refractivity contribution in [1.82, 2.24) is 0 Å². The molecule has 0 aliphatic rings. The van der Waals surface area contributed by atoms with Crippen LogP contribution in [0.5, 0.6) is 0 Å². The maximum atomic E-state index is 6.58. The van der Waals surface area contributed by atoms with Crippen LogP contribution in [-0.4, -0.2) is 0 Å². The van der Waals surface area contributed by atoms with Gasteiger partial charge in [0, 0.05) is 11.4 Å². The Morgan fingerprint density at radius 3 is 1.17 bits per heavy atom. The van der Waals surface area contributed by atoms with Gasteiger partial charge in [-0.05, 0) is 62.5 Å². The van der Waals surface area contributed by atoms with Gasteiger partial charge in [0.25, 0.3) is 0 Å². The fourth-order valence-electron chi connectivity index (χ4n) is 4.11. The van der Waals surface area contributed by atoms with Crippen LogP contribution in [0.2, 0.25) is 0 Å². The van der Waals surface area contributed by atoms with E-state index in [4.69, 9.17) is 11.5 Å². The van der Waals surface area contributed by atoms with Crippen LogP contribution in [-0.2, 0) is 17.3 Å². The molecule has 29 heavy (non-hydrogen) atoms. The average molecular weight is 395 g/mol. The Hall–Kier alpha value is -1.96. The van der Waals surface area contributed by atoms with Gasteiger partial charge in [0.15, 0.2) is 0 Å². The Balaban J connectivity index is 2.65. The van der Waals surface area contributed by atoms with E-state index in [1.807, 2.05) is 0 Å². The molecular formula is C27H42N2. The molecule has 0 heterocycles. The highest BCUT2D eigenvalue weighted by Gasteiger charge is 2.23. The molecule has 4 N–H and O–H groups in total. The maximum Gasteiger partial charge on any atom is 0.0387 e. The Morgan fingerprint density at radius 2 is 0.931 bits per heavy atom. The predicted octanol–water partition coefficient (Wildman–Crippen LogP) is 7.28. The van der Waals surface area contributed by atoms with E-state index in [0.717, 1.165) is 17.8 Å². The van der Waals surface area contributed by atoms with Gasteiger partial charge in [0.05, 0.1) is 0 Å². The van der Waals surface area contributed by atoms with E-state index >= 15 is 0 Å². The summed E-state index contributed by atoms with van der Waals surface area (Å²) in [5.74, 6) is 0.803. The van der Waals surface area contributed by atoms with E-state index in [0.29, 0.717) is 11.8 Å². The summed E-state index contributed by atoms with van der Waals surface area (Å²) < 4.78 is 0. The van der Waals surface area contributed by atoms with Crippen molar-refractivity contribution in [3.8, 4) is 0 Å². The molecule has 160 valence electrons. The molecule has 2 nitrogen and oxygen atoms in total. The highest BCUT2D eigenvalue weighted by atomic mass is 14.6. The second-order valence-electron chi connectivity index (χ2n) is 11.3. The molecule has 0 saturated carbocycles. The topological polar surface area (TPSA) is 52.0 Å². The number of hydrogen-bond acceptors (Lipinski definition) is 2. The van der Waals surface area contributed by atoms with Gasteiger partial charge in [0.2, 0.25) is 0 Å². The number of benzene rings is 2. The average Bonchev–Trinajstić information content (AvgIpc) is 2.55. The fourth-order valence-corrected chi connectivity index (χ4v) is 4.11. The van der Waals surface area contributed by atoms with Crippen LogP contribution in [0, 0.1) is 0 Å². The molecule has 0 aliphatic heterocycles. The van der Waals surface area contributed by atoms with Crippen molar-refractivity contribution in [3.63, 3.8) is 0 Å². The highest BCUT2D eigenvalue weighted by Crippen LogP contribution is 2.37. The third-order valence-corrected chi connectivity index (χ3v) is 5.81. The summed E-state index contributed by atoms with van der Waals surface area (Å²) in [7, 11) is 0. The molecule has 0 fully saturated rings. The van der Waals surface area contributed by atoms with Crippen molar-refractivity contribution in [2.45, 2.75) is 98.3 Å². The van der Waals surface area contributed by atoms with Gasteiger partial charge in [-0.15, -0.1) is 0 Å². The minimum atomic E-state index is 0.0184. The van der Waals surface area contributed by atoms with Gasteiger partial charge < -0.3 is 11.5 Å². The van der Waals surface area contributed by atoms with Gasteiger partial charge in [-0.3, -0.25) is 0 Å². The third kappa shape index (κ3) is 5.15. The fraction of sp³-hybridized carbons (Fsp3) is 0.556. The van der Waals surface area contributed by atoms with Gasteiger partial charge in [-0.25, -0.2) is 0 Å². The van der Waals surface area contributed by atoms with Gasteiger partial charge in [-0.2, -0.15) is 0 Å². The standard InChI is InChI=1S/C27H42N2/c1-16(2)20-12-18(14-22(24(20)28)26(5,6)7)11-19-13-21(17(3)4)25(29)23(15-19)27(8,9)10/h12-17H,11,28-29H2,1-10H3. The first kappa shape index (κ1) is 23.3. The molecule has 2 heteroatoms. The van der Waals surface area contributed by atoms with Crippen LogP contribution in [0.15, 0.2) is 24.3 Å². The lowest BCUT2D eigenvalue weighted by Gasteiger charge is -2.27. The monoisotopic (exact) mass is 394 g/mol. The zero-order chi connectivity index (χ0) is 22.3. The minimum Gasteiger partial charge on any atom is -0.398 e. The lowest BCUT2D eigenvalue weighted by atomic mass is 9.79. The first-order valence-corrected chi connectivity index (χ1v) is 11.0. The summed E-state index contributed by atoms with van der Waals surface area (Å²) in [6, 6.07) is 9.22. The minimum absolute atomic E-state index is 0.0184. The summed E-state index contributed by atoms with van der Waals surface area (Å²) in [4.78, 5) is 0. The molecule has 0 aromatic heterocycles. The molecule has 0 saturated heterocycles. The Bertz CT molecular complexity index is 801. The summed E-state index contributed by atoms with van der Waals surface area (Å²) in [6.07, 6.45) is 0.895. The number of rotatable bonds is 4. The summed E-state index contributed by atoms with van der Waals surface area (Å²) in [6.45, 7) is 22.3. The quantitative estimate of drug-likeness (QED) is 0.535. The molecule has 0 aliphatic carbocycles. The summed E-state index contributed by atoms with van der Waals surface area (Å²) in [5.41, 5.74) is 22.7. The van der Waals surface area contributed by atoms with Crippen molar-refractivity contribution in [3.05, 3.63) is 57.6 Å². The van der Waals surface area contributed by atoms with Crippen molar-refractivity contribution in [2.75, 3.05) is 11.5 Å². The number of anilines is 2. The van der Waals surface area contributed by atoms with Crippen LogP contribution in [0.3, 0.4) is 0 Å². The molecule has 0 atom stereocenters. The summed E-state index contributed by atoms with van der Waals surface area (Å²) >= 11 is 0. The van der Waals surface area contributed by atoms with Crippen molar-refractivity contribution < 1.29 is 0 Å². The molecule has 0 bridgehead atoms. The first-order valence-electron chi connectivity index (χ1n) is 11.0.